The third-order valence-corrected chi connectivity index (χ3v) is 8.01. The number of carbonyl (C=O) groups excluding carboxylic acids is 1. The first-order chi connectivity index (χ1) is 13.1. The monoisotopic (exact) mass is 422 g/mol. The number of hydrogen-bond acceptors (Lipinski definition) is 5. The first-order valence-electron chi connectivity index (χ1n) is 8.85. The minimum atomic E-state index is -3.97. The molecule has 0 radical (unpaired) electrons. The van der Waals surface area contributed by atoms with E-state index < -0.39 is 20.0 Å². The van der Waals surface area contributed by atoms with Crippen LogP contribution in [0, 0.1) is 6.92 Å². The third-order valence-electron chi connectivity index (χ3n) is 4.62. The van der Waals surface area contributed by atoms with Crippen LogP contribution in [0.1, 0.15) is 35.7 Å². The zero-order valence-corrected chi connectivity index (χ0v) is 17.3. The van der Waals surface area contributed by atoms with Gasteiger partial charge in [0.05, 0.1) is 16.3 Å². The summed E-state index contributed by atoms with van der Waals surface area (Å²) in [5.41, 5.74) is 1.49. The zero-order chi connectivity index (χ0) is 20.5. The molecular formula is C19H22N2O5S2. The van der Waals surface area contributed by atoms with Gasteiger partial charge >= 0.3 is 0 Å². The molecule has 0 aliphatic carbocycles. The van der Waals surface area contributed by atoms with E-state index in [1.807, 2.05) is 0 Å². The smallest absolute Gasteiger partial charge is 0.262 e. The van der Waals surface area contributed by atoms with Crippen molar-refractivity contribution in [3.8, 4) is 0 Å². The van der Waals surface area contributed by atoms with Gasteiger partial charge in [0, 0.05) is 17.8 Å². The van der Waals surface area contributed by atoms with Gasteiger partial charge in [-0.25, -0.2) is 16.8 Å². The van der Waals surface area contributed by atoms with E-state index >= 15 is 0 Å². The van der Waals surface area contributed by atoms with Crippen molar-refractivity contribution in [2.75, 3.05) is 21.3 Å². The Balaban J connectivity index is 1.98. The maximum atomic E-state index is 12.9. The lowest BCUT2D eigenvalue weighted by atomic mass is 10.1. The normalized spacial score (nSPS) is 16.6. The number of aryl methyl sites for hydroxylation is 1. The molecule has 1 saturated heterocycles. The van der Waals surface area contributed by atoms with E-state index in [2.05, 4.69) is 4.72 Å². The molecule has 0 aromatic heterocycles. The van der Waals surface area contributed by atoms with Crippen molar-refractivity contribution in [2.45, 2.75) is 31.6 Å². The predicted octanol–water partition coefficient (Wildman–Crippen LogP) is 2.93. The van der Waals surface area contributed by atoms with Gasteiger partial charge in [-0.05, 0) is 56.5 Å². The molecule has 1 aliphatic rings. The van der Waals surface area contributed by atoms with E-state index in [9.17, 15) is 21.6 Å². The number of hydrogen-bond donors (Lipinski definition) is 1. The van der Waals surface area contributed by atoms with Crippen LogP contribution in [0.15, 0.2) is 47.4 Å². The Hall–Kier alpha value is -2.39. The summed E-state index contributed by atoms with van der Waals surface area (Å²) in [5.74, 6) is -0.117. The van der Waals surface area contributed by atoms with Crippen LogP contribution in [0.5, 0.6) is 0 Å². The van der Waals surface area contributed by atoms with Crippen LogP contribution in [0.4, 0.5) is 11.4 Å². The van der Waals surface area contributed by atoms with Crippen molar-refractivity contribution in [1.82, 2.24) is 0 Å². The van der Waals surface area contributed by atoms with Crippen molar-refractivity contribution in [2.24, 2.45) is 0 Å². The molecule has 1 aliphatic heterocycles. The Kier molecular flexibility index (Phi) is 5.49. The Morgan fingerprint density at radius 1 is 1.11 bits per heavy atom. The van der Waals surface area contributed by atoms with Crippen LogP contribution in [0.3, 0.4) is 0 Å². The molecule has 3 rings (SSSR count). The number of Topliss-reactive ketones (excluding diaryl/α,β-unsaturated/α-hetero) is 1. The molecule has 1 heterocycles. The van der Waals surface area contributed by atoms with Gasteiger partial charge in [0.2, 0.25) is 10.0 Å². The number of carbonyl (C=O) groups is 1. The highest BCUT2D eigenvalue weighted by Gasteiger charge is 2.28. The fourth-order valence-electron chi connectivity index (χ4n) is 3.12. The largest absolute Gasteiger partial charge is 0.295 e. The van der Waals surface area contributed by atoms with E-state index in [-0.39, 0.29) is 22.1 Å². The lowest BCUT2D eigenvalue weighted by Crippen LogP contribution is -2.38. The highest BCUT2D eigenvalue weighted by molar-refractivity contribution is 7.93. The second-order valence-electron chi connectivity index (χ2n) is 6.79. The fraction of sp³-hybridized carbons (Fsp3) is 0.316. The zero-order valence-electron chi connectivity index (χ0n) is 15.7. The van der Waals surface area contributed by atoms with Gasteiger partial charge in [0.1, 0.15) is 0 Å². The highest BCUT2D eigenvalue weighted by atomic mass is 32.2. The van der Waals surface area contributed by atoms with Crippen LogP contribution in [-0.4, -0.2) is 34.9 Å². The molecule has 2 aromatic carbocycles. The van der Waals surface area contributed by atoms with E-state index in [1.165, 1.54) is 23.4 Å². The van der Waals surface area contributed by atoms with Crippen molar-refractivity contribution in [3.63, 3.8) is 0 Å². The summed E-state index contributed by atoms with van der Waals surface area (Å²) in [6.45, 7) is 3.38. The summed E-state index contributed by atoms with van der Waals surface area (Å²) in [4.78, 5) is 11.5. The number of benzene rings is 2. The molecule has 0 amide bonds. The maximum Gasteiger partial charge on any atom is 0.262 e. The van der Waals surface area contributed by atoms with E-state index in [1.54, 1.807) is 37.3 Å². The number of ketones is 1. The Bertz CT molecular complexity index is 1120. The topological polar surface area (TPSA) is 101 Å². The molecule has 2 aromatic rings. The number of nitrogens with zero attached hydrogens (tertiary/aromatic N) is 1. The summed E-state index contributed by atoms with van der Waals surface area (Å²) >= 11 is 0. The van der Waals surface area contributed by atoms with Gasteiger partial charge in [0.25, 0.3) is 10.0 Å². The quantitative estimate of drug-likeness (QED) is 0.747. The van der Waals surface area contributed by atoms with E-state index in [0.29, 0.717) is 29.8 Å². The van der Waals surface area contributed by atoms with Crippen LogP contribution >= 0.6 is 0 Å². The molecule has 1 N–H and O–H groups in total. The first kappa shape index (κ1) is 20.3. The van der Waals surface area contributed by atoms with E-state index in [4.69, 9.17) is 0 Å². The summed E-state index contributed by atoms with van der Waals surface area (Å²) in [7, 11) is -7.41. The third kappa shape index (κ3) is 4.20. The molecular weight excluding hydrogens is 400 g/mol. The minimum absolute atomic E-state index is 0.000925. The SMILES string of the molecule is CC(=O)c1cccc(NS(=O)(=O)c2cc(N3CCCCS3(=O)=O)ccc2C)c1. The molecule has 1 fully saturated rings. The molecule has 9 heteroatoms. The standard InChI is InChI=1S/C19H22N2O5S2/c1-14-8-9-18(21-10-3-4-11-27(21,23)24)13-19(14)28(25,26)20-17-7-5-6-16(12-17)15(2)22/h5-9,12-13,20H,3-4,10-11H2,1-2H3. The van der Waals surface area contributed by atoms with Crippen molar-refractivity contribution >= 4 is 37.2 Å². The van der Waals surface area contributed by atoms with Crippen molar-refractivity contribution < 1.29 is 21.6 Å². The van der Waals surface area contributed by atoms with Gasteiger partial charge in [-0.3, -0.25) is 13.8 Å². The van der Waals surface area contributed by atoms with Gasteiger partial charge in [-0.1, -0.05) is 18.2 Å². The number of sulfonamides is 2. The van der Waals surface area contributed by atoms with Gasteiger partial charge in [0.15, 0.2) is 5.78 Å². The summed E-state index contributed by atoms with van der Waals surface area (Å²) in [6.07, 6.45) is 1.33. The molecule has 0 bridgehead atoms. The number of anilines is 2. The second kappa shape index (κ2) is 7.56. The van der Waals surface area contributed by atoms with Crippen LogP contribution in [0.2, 0.25) is 0 Å². The molecule has 150 valence electrons. The highest BCUT2D eigenvalue weighted by Crippen LogP contribution is 2.29. The summed E-state index contributed by atoms with van der Waals surface area (Å²) in [5, 5.41) is 0. The Morgan fingerprint density at radius 3 is 2.54 bits per heavy atom. The summed E-state index contributed by atoms with van der Waals surface area (Å²) in [6, 6.07) is 10.8. The average Bonchev–Trinajstić information content (AvgIpc) is 2.62. The molecule has 0 saturated carbocycles. The number of nitrogens with one attached hydrogen (secondary N) is 1. The average molecular weight is 423 g/mol. The Labute approximate surface area is 165 Å². The first-order valence-corrected chi connectivity index (χ1v) is 11.9. The molecule has 28 heavy (non-hydrogen) atoms. The van der Waals surface area contributed by atoms with Crippen LogP contribution in [0.25, 0.3) is 0 Å². The lowest BCUT2D eigenvalue weighted by molar-refractivity contribution is 0.101. The van der Waals surface area contributed by atoms with Gasteiger partial charge in [-0.2, -0.15) is 0 Å². The van der Waals surface area contributed by atoms with Crippen LogP contribution < -0.4 is 9.03 Å². The predicted molar refractivity (Wildman–Crippen MR) is 109 cm³/mol. The number of rotatable bonds is 5. The van der Waals surface area contributed by atoms with Crippen LogP contribution in [-0.2, 0) is 20.0 Å². The second-order valence-corrected chi connectivity index (χ2v) is 10.5. The Morgan fingerprint density at radius 2 is 1.86 bits per heavy atom. The lowest BCUT2D eigenvalue weighted by Gasteiger charge is -2.28. The molecule has 0 spiro atoms. The maximum absolute atomic E-state index is 12.9. The van der Waals surface area contributed by atoms with Crippen molar-refractivity contribution in [1.29, 1.82) is 0 Å². The molecule has 0 atom stereocenters. The summed E-state index contributed by atoms with van der Waals surface area (Å²) < 4.78 is 54.3. The van der Waals surface area contributed by atoms with E-state index in [0.717, 1.165) is 6.42 Å². The molecule has 7 nitrogen and oxygen atoms in total. The molecule has 0 unspecified atom stereocenters. The minimum Gasteiger partial charge on any atom is -0.295 e. The van der Waals surface area contributed by atoms with Crippen molar-refractivity contribution in [3.05, 3.63) is 53.6 Å². The fourth-order valence-corrected chi connectivity index (χ4v) is 6.07. The van der Waals surface area contributed by atoms with Gasteiger partial charge in [-0.15, -0.1) is 0 Å². The van der Waals surface area contributed by atoms with Gasteiger partial charge < -0.3 is 0 Å².